The van der Waals surface area contributed by atoms with Crippen molar-refractivity contribution in [1.82, 2.24) is 9.97 Å². The van der Waals surface area contributed by atoms with Gasteiger partial charge in [-0.3, -0.25) is 0 Å². The summed E-state index contributed by atoms with van der Waals surface area (Å²) in [5.74, 6) is 1.45. The van der Waals surface area contributed by atoms with Crippen LogP contribution in [0.25, 0.3) is 11.3 Å². The van der Waals surface area contributed by atoms with Gasteiger partial charge in [0.1, 0.15) is 5.82 Å². The summed E-state index contributed by atoms with van der Waals surface area (Å²) in [6, 6.07) is 14.5. The lowest BCUT2D eigenvalue weighted by Crippen LogP contribution is -2.19. The van der Waals surface area contributed by atoms with Gasteiger partial charge >= 0.3 is 0 Å². The number of fused-ring (bicyclic) bond motifs is 1. The number of rotatable bonds is 6. The Kier molecular flexibility index (Phi) is 6.31. The highest BCUT2D eigenvalue weighted by atomic mass is 35.5. The van der Waals surface area contributed by atoms with Gasteiger partial charge in [-0.15, -0.1) is 0 Å². The highest BCUT2D eigenvalue weighted by molar-refractivity contribution is 6.36. The van der Waals surface area contributed by atoms with Gasteiger partial charge in [0, 0.05) is 10.6 Å². The number of benzene rings is 2. The van der Waals surface area contributed by atoms with Gasteiger partial charge in [0.2, 0.25) is 0 Å². The van der Waals surface area contributed by atoms with Crippen LogP contribution in [0, 0.1) is 5.92 Å². The molecular weight excluding hydrogens is 413 g/mol. The zero-order valence-corrected chi connectivity index (χ0v) is 19.2. The third-order valence-electron chi connectivity index (χ3n) is 6.06. The third-order valence-corrected chi connectivity index (χ3v) is 6.60. The Hall–Kier alpha value is -2.10. The lowest BCUT2D eigenvalue weighted by Gasteiger charge is -2.24. The van der Waals surface area contributed by atoms with E-state index < -0.39 is 0 Å². The van der Waals surface area contributed by atoms with Crippen molar-refractivity contribution in [1.29, 1.82) is 0 Å². The van der Waals surface area contributed by atoms with E-state index in [2.05, 4.69) is 50.4 Å². The van der Waals surface area contributed by atoms with Crippen molar-refractivity contribution >= 4 is 29.0 Å². The Morgan fingerprint density at radius 3 is 2.43 bits per heavy atom. The van der Waals surface area contributed by atoms with Gasteiger partial charge in [0.25, 0.3) is 0 Å². The van der Waals surface area contributed by atoms with Crippen LogP contribution in [0.2, 0.25) is 10.0 Å². The molecule has 0 aliphatic heterocycles. The zero-order chi connectivity index (χ0) is 21.3. The van der Waals surface area contributed by atoms with Crippen molar-refractivity contribution in [2.45, 2.75) is 52.5 Å². The van der Waals surface area contributed by atoms with Crippen LogP contribution >= 0.6 is 23.2 Å². The van der Waals surface area contributed by atoms with Crippen LogP contribution in [0.3, 0.4) is 0 Å². The van der Waals surface area contributed by atoms with E-state index in [-0.39, 0.29) is 6.04 Å². The minimum absolute atomic E-state index is 0.264. The summed E-state index contributed by atoms with van der Waals surface area (Å²) in [5, 5.41) is 4.99. The molecule has 3 nitrogen and oxygen atoms in total. The van der Waals surface area contributed by atoms with E-state index in [1.165, 1.54) is 11.1 Å². The molecule has 0 bridgehead atoms. The zero-order valence-electron chi connectivity index (χ0n) is 17.7. The summed E-state index contributed by atoms with van der Waals surface area (Å²) in [6.45, 7) is 6.49. The molecule has 2 atom stereocenters. The molecule has 1 heterocycles. The molecule has 5 heteroatoms. The average Bonchev–Trinajstić information content (AvgIpc) is 3.11. The van der Waals surface area contributed by atoms with Gasteiger partial charge in [-0.1, -0.05) is 74.7 Å². The van der Waals surface area contributed by atoms with Crippen molar-refractivity contribution in [3.8, 4) is 11.3 Å². The first-order valence-electron chi connectivity index (χ1n) is 10.7. The number of nitrogens with one attached hydrogen (secondary N) is 1. The van der Waals surface area contributed by atoms with Gasteiger partial charge in [0.05, 0.1) is 28.1 Å². The maximum atomic E-state index is 6.49. The quantitative estimate of drug-likeness (QED) is 0.437. The molecule has 30 heavy (non-hydrogen) atoms. The third kappa shape index (κ3) is 3.93. The van der Waals surface area contributed by atoms with Crippen LogP contribution in [0.5, 0.6) is 0 Å². The van der Waals surface area contributed by atoms with Crippen molar-refractivity contribution < 1.29 is 0 Å². The first-order valence-corrected chi connectivity index (χ1v) is 11.5. The Labute approximate surface area is 188 Å². The Balaban J connectivity index is 1.76. The number of hydrogen-bond acceptors (Lipinski definition) is 3. The van der Waals surface area contributed by atoms with Gasteiger partial charge in [-0.05, 0) is 54.5 Å². The molecule has 0 fully saturated rings. The molecule has 0 radical (unpaired) electrons. The van der Waals surface area contributed by atoms with Gasteiger partial charge in [-0.25, -0.2) is 9.97 Å². The summed E-state index contributed by atoms with van der Waals surface area (Å²) < 4.78 is 0. The minimum atomic E-state index is 0.264. The average molecular weight is 440 g/mol. The molecule has 156 valence electrons. The lowest BCUT2D eigenvalue weighted by molar-refractivity contribution is 0.474. The monoisotopic (exact) mass is 439 g/mol. The molecule has 1 aromatic heterocycles. The molecule has 0 spiro atoms. The van der Waals surface area contributed by atoms with Crippen molar-refractivity contribution in [2.24, 2.45) is 5.92 Å². The fourth-order valence-corrected chi connectivity index (χ4v) is 4.91. The molecule has 4 rings (SSSR count). The van der Waals surface area contributed by atoms with E-state index in [1.54, 1.807) is 6.07 Å². The van der Waals surface area contributed by atoms with E-state index in [4.69, 9.17) is 33.2 Å². The molecule has 0 saturated heterocycles. The predicted molar refractivity (Wildman–Crippen MR) is 127 cm³/mol. The largest absolute Gasteiger partial charge is 0.361 e. The Bertz CT molecular complexity index is 1060. The standard InChI is InChI=1S/C25H27Cl2N3/c1-4-15-13-16-9-7-8-10-18(16)23(15)30-25-22(6-3)28-24(21(5-2)29-25)19-12-11-17(26)14-20(19)27/h7-12,14-15,23H,4-6,13H2,1-3H3,(H,29,30). The molecule has 0 amide bonds. The number of aryl methyl sites for hydroxylation is 2. The van der Waals surface area contributed by atoms with Crippen molar-refractivity contribution in [2.75, 3.05) is 5.32 Å². The molecule has 1 N–H and O–H groups in total. The first kappa shape index (κ1) is 21.1. The summed E-state index contributed by atoms with van der Waals surface area (Å²) in [4.78, 5) is 10.1. The topological polar surface area (TPSA) is 37.8 Å². The lowest BCUT2D eigenvalue weighted by atomic mass is 9.97. The second kappa shape index (κ2) is 8.95. The molecule has 3 aromatic rings. The molecular formula is C25H27Cl2N3. The van der Waals surface area contributed by atoms with E-state index in [0.717, 1.165) is 54.1 Å². The smallest absolute Gasteiger partial charge is 0.148 e. The minimum Gasteiger partial charge on any atom is -0.361 e. The van der Waals surface area contributed by atoms with Crippen LogP contribution in [0.15, 0.2) is 42.5 Å². The summed E-state index contributed by atoms with van der Waals surface area (Å²) in [6.07, 6.45) is 3.81. The molecule has 1 aliphatic carbocycles. The molecule has 0 saturated carbocycles. The van der Waals surface area contributed by atoms with E-state index in [1.807, 2.05) is 12.1 Å². The highest BCUT2D eigenvalue weighted by Crippen LogP contribution is 2.41. The molecule has 2 aromatic carbocycles. The number of halogens is 2. The highest BCUT2D eigenvalue weighted by Gasteiger charge is 2.32. The summed E-state index contributed by atoms with van der Waals surface area (Å²) in [7, 11) is 0. The molecule has 1 aliphatic rings. The summed E-state index contributed by atoms with van der Waals surface area (Å²) in [5.41, 5.74) is 6.46. The van der Waals surface area contributed by atoms with Crippen LogP contribution in [-0.2, 0) is 19.3 Å². The molecule has 2 unspecified atom stereocenters. The maximum Gasteiger partial charge on any atom is 0.148 e. The van der Waals surface area contributed by atoms with Gasteiger partial charge in [-0.2, -0.15) is 0 Å². The first-order chi connectivity index (χ1) is 14.5. The predicted octanol–water partition coefficient (Wildman–Crippen LogP) is 7.31. The van der Waals surface area contributed by atoms with Gasteiger partial charge < -0.3 is 5.32 Å². The summed E-state index contributed by atoms with van der Waals surface area (Å²) >= 11 is 12.6. The van der Waals surface area contributed by atoms with Crippen molar-refractivity contribution in [3.05, 3.63) is 75.0 Å². The Morgan fingerprint density at radius 2 is 1.73 bits per heavy atom. The van der Waals surface area contributed by atoms with E-state index in [0.29, 0.717) is 16.0 Å². The SMILES string of the molecule is CCc1nc(-c2ccc(Cl)cc2Cl)c(CC)nc1NC1c2ccccc2CC1CC. The van der Waals surface area contributed by atoms with Crippen LogP contribution in [0.1, 0.15) is 55.7 Å². The van der Waals surface area contributed by atoms with Crippen LogP contribution in [-0.4, -0.2) is 9.97 Å². The van der Waals surface area contributed by atoms with E-state index >= 15 is 0 Å². The van der Waals surface area contributed by atoms with Gasteiger partial charge in [0.15, 0.2) is 0 Å². The van der Waals surface area contributed by atoms with Crippen LogP contribution in [0.4, 0.5) is 5.82 Å². The fraction of sp³-hybridized carbons (Fsp3) is 0.360. The Morgan fingerprint density at radius 1 is 0.967 bits per heavy atom. The van der Waals surface area contributed by atoms with Crippen LogP contribution < -0.4 is 5.32 Å². The fourth-order valence-electron chi connectivity index (χ4n) is 4.41. The normalized spacial score (nSPS) is 17.8. The second-order valence-corrected chi connectivity index (χ2v) is 8.68. The number of hydrogen-bond donors (Lipinski definition) is 1. The number of anilines is 1. The number of aromatic nitrogens is 2. The number of nitrogens with zero attached hydrogens (tertiary/aromatic N) is 2. The maximum absolute atomic E-state index is 6.49. The van der Waals surface area contributed by atoms with Crippen molar-refractivity contribution in [3.63, 3.8) is 0 Å². The second-order valence-electron chi connectivity index (χ2n) is 7.84. The van der Waals surface area contributed by atoms with E-state index in [9.17, 15) is 0 Å².